The van der Waals surface area contributed by atoms with Crippen LogP contribution < -0.4 is 10.5 Å². The molecule has 35 heavy (non-hydrogen) atoms. The lowest BCUT2D eigenvalue weighted by atomic mass is 10.1. The average Bonchev–Trinajstić information content (AvgIpc) is 3.32. The Labute approximate surface area is 203 Å². The minimum atomic E-state index is -3.81. The number of hydrogen-bond donors (Lipinski definition) is 2. The fraction of sp³-hybridized carbons (Fsp3) is 0.154. The SMILES string of the molecule is CC(CNC(=O)OCc1ccccc1)c1nc(-c2ccccc2)c(-c2ccc(S(N)(=O)=O)cc2)o1. The molecule has 4 rings (SSSR count). The van der Waals surface area contributed by atoms with Crippen molar-refractivity contribution in [2.75, 3.05) is 6.54 Å². The third-order valence-electron chi connectivity index (χ3n) is 5.32. The number of carbonyl (C=O) groups excluding carboxylic acids is 1. The van der Waals surface area contributed by atoms with Crippen LogP contribution in [0.15, 0.2) is 94.2 Å². The van der Waals surface area contributed by atoms with E-state index in [4.69, 9.17) is 19.3 Å². The van der Waals surface area contributed by atoms with E-state index < -0.39 is 16.1 Å². The Morgan fingerprint density at radius 3 is 2.23 bits per heavy atom. The molecule has 0 bridgehead atoms. The van der Waals surface area contributed by atoms with Crippen molar-refractivity contribution < 1.29 is 22.4 Å². The van der Waals surface area contributed by atoms with E-state index in [-0.39, 0.29) is 24.0 Å². The number of rotatable bonds is 8. The summed E-state index contributed by atoms with van der Waals surface area (Å²) in [5.41, 5.74) is 3.00. The van der Waals surface area contributed by atoms with Gasteiger partial charge in [-0.25, -0.2) is 23.3 Å². The Kier molecular flexibility index (Phi) is 7.28. The number of oxazole rings is 1. The monoisotopic (exact) mass is 491 g/mol. The number of nitrogens with two attached hydrogens (primary N) is 1. The summed E-state index contributed by atoms with van der Waals surface area (Å²) in [4.78, 5) is 16.8. The number of nitrogens with zero attached hydrogens (tertiary/aromatic N) is 1. The number of carbonyl (C=O) groups is 1. The second-order valence-corrected chi connectivity index (χ2v) is 9.57. The highest BCUT2D eigenvalue weighted by Gasteiger charge is 2.21. The van der Waals surface area contributed by atoms with Crippen molar-refractivity contribution in [3.8, 4) is 22.6 Å². The van der Waals surface area contributed by atoms with Gasteiger partial charge in [-0.15, -0.1) is 0 Å². The summed E-state index contributed by atoms with van der Waals surface area (Å²) >= 11 is 0. The van der Waals surface area contributed by atoms with Gasteiger partial charge in [-0.2, -0.15) is 0 Å². The highest BCUT2D eigenvalue weighted by molar-refractivity contribution is 7.89. The molecule has 0 saturated carbocycles. The zero-order chi connectivity index (χ0) is 24.8. The van der Waals surface area contributed by atoms with Crippen LogP contribution in [0.2, 0.25) is 0 Å². The largest absolute Gasteiger partial charge is 0.445 e. The van der Waals surface area contributed by atoms with Gasteiger partial charge in [-0.05, 0) is 29.8 Å². The van der Waals surface area contributed by atoms with Gasteiger partial charge in [0.05, 0.1) is 10.8 Å². The van der Waals surface area contributed by atoms with Crippen molar-refractivity contribution in [2.45, 2.75) is 24.3 Å². The van der Waals surface area contributed by atoms with Crippen molar-refractivity contribution in [3.63, 3.8) is 0 Å². The van der Waals surface area contributed by atoms with Crippen LogP contribution in [0.25, 0.3) is 22.6 Å². The highest BCUT2D eigenvalue weighted by Crippen LogP contribution is 2.35. The molecule has 1 aromatic heterocycles. The molecule has 0 aliphatic rings. The molecule has 3 aromatic carbocycles. The van der Waals surface area contributed by atoms with Gasteiger partial charge >= 0.3 is 6.09 Å². The lowest BCUT2D eigenvalue weighted by molar-refractivity contribution is 0.139. The van der Waals surface area contributed by atoms with Gasteiger partial charge in [0, 0.05) is 17.7 Å². The molecule has 1 amide bonds. The third-order valence-corrected chi connectivity index (χ3v) is 6.25. The molecule has 8 nitrogen and oxygen atoms in total. The van der Waals surface area contributed by atoms with E-state index in [1.807, 2.05) is 67.6 Å². The van der Waals surface area contributed by atoms with E-state index in [0.29, 0.717) is 22.9 Å². The van der Waals surface area contributed by atoms with E-state index in [2.05, 4.69) is 5.32 Å². The summed E-state index contributed by atoms with van der Waals surface area (Å²) in [6.45, 7) is 2.31. The van der Waals surface area contributed by atoms with E-state index in [9.17, 15) is 13.2 Å². The van der Waals surface area contributed by atoms with Crippen LogP contribution in [-0.4, -0.2) is 26.0 Å². The fourth-order valence-electron chi connectivity index (χ4n) is 3.43. The van der Waals surface area contributed by atoms with Gasteiger partial charge < -0.3 is 14.5 Å². The van der Waals surface area contributed by atoms with Crippen molar-refractivity contribution in [1.82, 2.24) is 10.3 Å². The molecule has 180 valence electrons. The Bertz CT molecular complexity index is 1390. The predicted octanol–water partition coefficient (Wildman–Crippen LogP) is 4.69. The van der Waals surface area contributed by atoms with Gasteiger partial charge in [0.1, 0.15) is 12.3 Å². The van der Waals surface area contributed by atoms with Crippen molar-refractivity contribution in [3.05, 3.63) is 96.4 Å². The average molecular weight is 492 g/mol. The molecule has 0 saturated heterocycles. The first-order valence-corrected chi connectivity index (χ1v) is 12.5. The molecule has 0 fully saturated rings. The number of nitrogens with one attached hydrogen (secondary N) is 1. The molecular weight excluding hydrogens is 466 g/mol. The summed E-state index contributed by atoms with van der Waals surface area (Å²) in [5.74, 6) is 0.669. The second kappa shape index (κ2) is 10.5. The number of amides is 1. The molecule has 3 N–H and O–H groups in total. The molecule has 4 aromatic rings. The Balaban J connectivity index is 1.52. The minimum Gasteiger partial charge on any atom is -0.445 e. The summed E-state index contributed by atoms with van der Waals surface area (Å²) < 4.78 is 34.6. The summed E-state index contributed by atoms with van der Waals surface area (Å²) in [7, 11) is -3.81. The molecule has 0 aliphatic carbocycles. The molecule has 9 heteroatoms. The van der Waals surface area contributed by atoms with Crippen LogP contribution in [-0.2, 0) is 21.4 Å². The summed E-state index contributed by atoms with van der Waals surface area (Å²) in [6, 6.07) is 25.0. The van der Waals surface area contributed by atoms with Crippen LogP contribution in [0.5, 0.6) is 0 Å². The number of ether oxygens (including phenoxy) is 1. The van der Waals surface area contributed by atoms with Gasteiger partial charge in [0.2, 0.25) is 10.0 Å². The van der Waals surface area contributed by atoms with Crippen molar-refractivity contribution >= 4 is 16.1 Å². The molecule has 1 atom stereocenters. The van der Waals surface area contributed by atoms with Crippen LogP contribution in [0.3, 0.4) is 0 Å². The molecule has 0 aliphatic heterocycles. The number of hydrogen-bond acceptors (Lipinski definition) is 6. The minimum absolute atomic E-state index is 0.00818. The zero-order valence-electron chi connectivity index (χ0n) is 19.0. The molecule has 1 unspecified atom stereocenters. The van der Waals surface area contributed by atoms with Gasteiger partial charge in [0.15, 0.2) is 11.7 Å². The van der Waals surface area contributed by atoms with E-state index in [1.54, 1.807) is 12.1 Å². The van der Waals surface area contributed by atoms with Crippen LogP contribution >= 0.6 is 0 Å². The Morgan fingerprint density at radius 1 is 0.971 bits per heavy atom. The summed E-state index contributed by atoms with van der Waals surface area (Å²) in [5, 5.41) is 7.96. The van der Waals surface area contributed by atoms with Crippen molar-refractivity contribution in [1.29, 1.82) is 0 Å². The van der Waals surface area contributed by atoms with Gasteiger partial charge in [-0.1, -0.05) is 67.6 Å². The van der Waals surface area contributed by atoms with Crippen LogP contribution in [0.4, 0.5) is 4.79 Å². The Hall–Kier alpha value is -3.95. The molecular formula is C26H25N3O5S. The van der Waals surface area contributed by atoms with E-state index in [1.165, 1.54) is 12.1 Å². The maximum atomic E-state index is 12.1. The number of aromatic nitrogens is 1. The summed E-state index contributed by atoms with van der Waals surface area (Å²) in [6.07, 6.45) is -0.533. The first-order valence-electron chi connectivity index (χ1n) is 10.9. The standard InChI is InChI=1S/C26H25N3O5S/c1-18(16-28-26(30)33-17-19-8-4-2-5-9-19)25-29-23(20-10-6-3-7-11-20)24(34-25)21-12-14-22(15-13-21)35(27,31)32/h2-15,18H,16-17H2,1H3,(H,28,30)(H2,27,31,32). The van der Waals surface area contributed by atoms with E-state index in [0.717, 1.165) is 11.1 Å². The molecule has 0 radical (unpaired) electrons. The zero-order valence-corrected chi connectivity index (χ0v) is 19.9. The fourth-order valence-corrected chi connectivity index (χ4v) is 3.94. The van der Waals surface area contributed by atoms with Crippen LogP contribution in [0, 0.1) is 0 Å². The number of sulfonamides is 1. The lowest BCUT2D eigenvalue weighted by Crippen LogP contribution is -2.28. The number of alkyl carbamates (subject to hydrolysis) is 1. The van der Waals surface area contributed by atoms with Crippen molar-refractivity contribution in [2.24, 2.45) is 5.14 Å². The van der Waals surface area contributed by atoms with E-state index >= 15 is 0 Å². The molecule has 0 spiro atoms. The first kappa shape index (κ1) is 24.2. The third kappa shape index (κ3) is 6.14. The normalized spacial score (nSPS) is 12.2. The topological polar surface area (TPSA) is 125 Å². The highest BCUT2D eigenvalue weighted by atomic mass is 32.2. The maximum absolute atomic E-state index is 12.1. The quantitative estimate of drug-likeness (QED) is 0.369. The van der Waals surface area contributed by atoms with Gasteiger partial charge in [-0.3, -0.25) is 0 Å². The number of benzene rings is 3. The maximum Gasteiger partial charge on any atom is 0.407 e. The lowest BCUT2D eigenvalue weighted by Gasteiger charge is -2.10. The van der Waals surface area contributed by atoms with Crippen LogP contribution in [0.1, 0.15) is 24.3 Å². The first-order chi connectivity index (χ1) is 16.8. The number of primary sulfonamides is 1. The predicted molar refractivity (Wildman–Crippen MR) is 132 cm³/mol. The van der Waals surface area contributed by atoms with Gasteiger partial charge in [0.25, 0.3) is 0 Å². The smallest absolute Gasteiger partial charge is 0.407 e. The Morgan fingerprint density at radius 2 is 1.60 bits per heavy atom. The molecule has 1 heterocycles. The second-order valence-electron chi connectivity index (χ2n) is 8.01.